The Bertz CT molecular complexity index is 775. The summed E-state index contributed by atoms with van der Waals surface area (Å²) in [5, 5.41) is 1.95. The maximum absolute atomic E-state index is 13.6. The zero-order chi connectivity index (χ0) is 15.6. The lowest BCUT2D eigenvalue weighted by molar-refractivity contribution is -0.114. The van der Waals surface area contributed by atoms with Crippen molar-refractivity contribution in [2.24, 2.45) is 0 Å². The Hall–Kier alpha value is -2.06. The first-order chi connectivity index (χ1) is 9.81. The molecule has 0 unspecified atom stereocenters. The molecule has 0 spiro atoms. The van der Waals surface area contributed by atoms with Crippen LogP contribution in [-0.2, 0) is 14.8 Å². The Morgan fingerprint density at radius 2 is 2.05 bits per heavy atom. The van der Waals surface area contributed by atoms with E-state index < -0.39 is 21.7 Å². The highest BCUT2D eigenvalue weighted by atomic mass is 35.5. The van der Waals surface area contributed by atoms with E-state index in [9.17, 15) is 17.6 Å². The first-order valence-electron chi connectivity index (χ1n) is 5.62. The molecule has 0 aliphatic carbocycles. The van der Waals surface area contributed by atoms with Gasteiger partial charge in [0.1, 0.15) is 17.0 Å². The van der Waals surface area contributed by atoms with Gasteiger partial charge in [0.15, 0.2) is 0 Å². The second-order valence-corrected chi connectivity index (χ2v) is 6.09. The number of carbonyl (C=O) groups is 1. The molecule has 1 amide bonds. The number of furan rings is 1. The largest absolute Gasteiger partial charge is 0.471 e. The minimum Gasteiger partial charge on any atom is -0.471 e. The molecule has 0 aliphatic rings. The Morgan fingerprint density at radius 3 is 2.62 bits per heavy atom. The SMILES string of the molecule is CC(=O)Nc1c(F)ccc(NS(=O)(=O)c2ccoc2)c1Cl. The summed E-state index contributed by atoms with van der Waals surface area (Å²) in [6, 6.07) is 3.39. The zero-order valence-corrected chi connectivity index (χ0v) is 12.3. The number of amides is 1. The third kappa shape index (κ3) is 3.34. The molecule has 1 heterocycles. The summed E-state index contributed by atoms with van der Waals surface area (Å²) in [7, 11) is -3.91. The van der Waals surface area contributed by atoms with Gasteiger partial charge in [-0.3, -0.25) is 9.52 Å². The van der Waals surface area contributed by atoms with E-state index in [-0.39, 0.29) is 21.3 Å². The van der Waals surface area contributed by atoms with Crippen LogP contribution >= 0.6 is 11.6 Å². The second-order valence-electron chi connectivity index (χ2n) is 4.03. The van der Waals surface area contributed by atoms with Crippen LogP contribution in [0.15, 0.2) is 40.0 Å². The summed E-state index contributed by atoms with van der Waals surface area (Å²) < 4.78 is 44.5. The number of hydrogen-bond donors (Lipinski definition) is 2. The number of hydrogen-bond acceptors (Lipinski definition) is 4. The normalized spacial score (nSPS) is 11.2. The molecule has 0 saturated carbocycles. The van der Waals surface area contributed by atoms with Gasteiger partial charge < -0.3 is 9.73 Å². The first kappa shape index (κ1) is 15.3. The lowest BCUT2D eigenvalue weighted by Crippen LogP contribution is -2.14. The number of anilines is 2. The molecule has 1 aromatic heterocycles. The van der Waals surface area contributed by atoms with Gasteiger partial charge in [0.25, 0.3) is 10.0 Å². The van der Waals surface area contributed by atoms with Gasteiger partial charge in [-0.15, -0.1) is 0 Å². The van der Waals surface area contributed by atoms with Gasteiger partial charge in [0.2, 0.25) is 5.91 Å². The van der Waals surface area contributed by atoms with Crippen LogP contribution in [0.5, 0.6) is 0 Å². The smallest absolute Gasteiger partial charge is 0.265 e. The van der Waals surface area contributed by atoms with Crippen LogP contribution < -0.4 is 10.0 Å². The van der Waals surface area contributed by atoms with Crippen LogP contribution in [0.3, 0.4) is 0 Å². The van der Waals surface area contributed by atoms with Crippen LogP contribution in [0.4, 0.5) is 15.8 Å². The Labute approximate surface area is 125 Å². The average Bonchev–Trinajstić information content (AvgIpc) is 2.92. The minimum atomic E-state index is -3.91. The third-order valence-corrected chi connectivity index (χ3v) is 4.18. The van der Waals surface area contributed by atoms with E-state index in [0.29, 0.717) is 0 Å². The fourth-order valence-electron chi connectivity index (χ4n) is 1.53. The van der Waals surface area contributed by atoms with Crippen molar-refractivity contribution in [3.63, 3.8) is 0 Å². The molecule has 112 valence electrons. The van der Waals surface area contributed by atoms with Crippen molar-refractivity contribution in [1.82, 2.24) is 0 Å². The van der Waals surface area contributed by atoms with E-state index in [4.69, 9.17) is 16.0 Å². The standard InChI is InChI=1S/C12H10ClFN2O4S/c1-7(17)15-12-9(14)2-3-10(11(12)13)16-21(18,19)8-4-5-20-6-8/h2-6,16H,1H3,(H,15,17). The molecule has 21 heavy (non-hydrogen) atoms. The maximum Gasteiger partial charge on any atom is 0.265 e. The van der Waals surface area contributed by atoms with Gasteiger partial charge in [-0.05, 0) is 18.2 Å². The number of halogens is 2. The summed E-state index contributed by atoms with van der Waals surface area (Å²) in [4.78, 5) is 10.9. The first-order valence-corrected chi connectivity index (χ1v) is 7.48. The molecule has 0 bridgehead atoms. The van der Waals surface area contributed by atoms with E-state index in [1.807, 2.05) is 0 Å². The molecule has 6 nitrogen and oxygen atoms in total. The third-order valence-electron chi connectivity index (χ3n) is 2.44. The van der Waals surface area contributed by atoms with Crippen LogP contribution in [0.25, 0.3) is 0 Å². The topological polar surface area (TPSA) is 88.4 Å². The summed E-state index contributed by atoms with van der Waals surface area (Å²) in [6.07, 6.45) is 2.23. The van der Waals surface area contributed by atoms with E-state index in [2.05, 4.69) is 10.0 Å². The number of carbonyl (C=O) groups excluding carboxylic acids is 1. The molecule has 0 fully saturated rings. The van der Waals surface area contributed by atoms with Crippen molar-refractivity contribution < 1.29 is 22.0 Å². The number of sulfonamides is 1. The van der Waals surface area contributed by atoms with Gasteiger partial charge in [-0.25, -0.2) is 12.8 Å². The summed E-state index contributed by atoms with van der Waals surface area (Å²) in [6.45, 7) is 1.18. The average molecular weight is 333 g/mol. The highest BCUT2D eigenvalue weighted by Gasteiger charge is 2.20. The van der Waals surface area contributed by atoms with E-state index in [1.54, 1.807) is 0 Å². The molecule has 2 N–H and O–H groups in total. The van der Waals surface area contributed by atoms with Gasteiger partial charge in [-0.1, -0.05) is 11.6 Å². The lowest BCUT2D eigenvalue weighted by atomic mass is 10.2. The Kier molecular flexibility index (Phi) is 4.19. The molecule has 2 rings (SSSR count). The Balaban J connectivity index is 2.40. The van der Waals surface area contributed by atoms with Crippen molar-refractivity contribution in [2.45, 2.75) is 11.8 Å². The fraction of sp³-hybridized carbons (Fsp3) is 0.0833. The van der Waals surface area contributed by atoms with Crippen LogP contribution in [0, 0.1) is 5.82 Å². The second kappa shape index (κ2) is 5.74. The van der Waals surface area contributed by atoms with Gasteiger partial charge in [0.05, 0.1) is 22.7 Å². The minimum absolute atomic E-state index is 0.0667. The summed E-state index contributed by atoms with van der Waals surface area (Å²) in [5.41, 5.74) is -0.362. The number of nitrogens with one attached hydrogen (secondary N) is 2. The molecule has 9 heteroatoms. The molecule has 2 aromatic rings. The maximum atomic E-state index is 13.6. The predicted molar refractivity (Wildman–Crippen MR) is 75.2 cm³/mol. The molecular formula is C12H10ClFN2O4S. The van der Waals surface area contributed by atoms with Crippen molar-refractivity contribution in [3.8, 4) is 0 Å². The van der Waals surface area contributed by atoms with Gasteiger partial charge >= 0.3 is 0 Å². The molecule has 0 atom stereocenters. The highest BCUT2D eigenvalue weighted by molar-refractivity contribution is 7.92. The predicted octanol–water partition coefficient (Wildman–Crippen LogP) is 2.83. The highest BCUT2D eigenvalue weighted by Crippen LogP contribution is 2.34. The zero-order valence-electron chi connectivity index (χ0n) is 10.7. The Morgan fingerprint density at radius 1 is 1.33 bits per heavy atom. The van der Waals surface area contributed by atoms with Crippen molar-refractivity contribution >= 4 is 38.9 Å². The van der Waals surface area contributed by atoms with Gasteiger partial charge in [0, 0.05) is 6.92 Å². The van der Waals surface area contributed by atoms with Crippen LogP contribution in [0.2, 0.25) is 5.02 Å². The fourth-order valence-corrected chi connectivity index (χ4v) is 2.83. The monoisotopic (exact) mass is 332 g/mol. The van der Waals surface area contributed by atoms with Crippen LogP contribution in [-0.4, -0.2) is 14.3 Å². The molecule has 1 aromatic carbocycles. The quantitative estimate of drug-likeness (QED) is 0.901. The molecule has 0 aliphatic heterocycles. The van der Waals surface area contributed by atoms with E-state index in [0.717, 1.165) is 18.4 Å². The number of rotatable bonds is 4. The summed E-state index contributed by atoms with van der Waals surface area (Å²) >= 11 is 5.92. The van der Waals surface area contributed by atoms with Gasteiger partial charge in [-0.2, -0.15) is 0 Å². The summed E-state index contributed by atoms with van der Waals surface area (Å²) in [5.74, 6) is -1.31. The van der Waals surface area contributed by atoms with Crippen LogP contribution in [0.1, 0.15) is 6.92 Å². The molecular weight excluding hydrogens is 323 g/mol. The van der Waals surface area contributed by atoms with Crippen molar-refractivity contribution in [1.29, 1.82) is 0 Å². The van der Waals surface area contributed by atoms with Crippen molar-refractivity contribution in [3.05, 3.63) is 41.6 Å². The lowest BCUT2D eigenvalue weighted by Gasteiger charge is -2.12. The molecule has 0 saturated heterocycles. The van der Waals surface area contributed by atoms with Crippen molar-refractivity contribution in [2.75, 3.05) is 10.0 Å². The number of benzene rings is 1. The van der Waals surface area contributed by atoms with E-state index >= 15 is 0 Å². The molecule has 0 radical (unpaired) electrons. The van der Waals surface area contributed by atoms with E-state index in [1.165, 1.54) is 19.3 Å².